The molecule has 0 saturated heterocycles. The van der Waals surface area contributed by atoms with Gasteiger partial charge in [0.1, 0.15) is 12.6 Å². The van der Waals surface area contributed by atoms with Crippen LogP contribution in [0.25, 0.3) is 11.1 Å². The van der Waals surface area contributed by atoms with Crippen molar-refractivity contribution in [2.45, 2.75) is 38.1 Å². The predicted octanol–water partition coefficient (Wildman–Crippen LogP) is 3.39. The molecule has 3 N–H and O–H groups in total. The van der Waals surface area contributed by atoms with Gasteiger partial charge in [-0.1, -0.05) is 61.9 Å². The third-order valence-corrected chi connectivity index (χ3v) is 5.29. The van der Waals surface area contributed by atoms with Crippen LogP contribution in [0.4, 0.5) is 4.79 Å². The molecule has 2 amide bonds. The first-order valence-electron chi connectivity index (χ1n) is 10.3. The van der Waals surface area contributed by atoms with Gasteiger partial charge in [0.25, 0.3) is 5.91 Å². The number of carbonyl (C=O) groups is 3. The van der Waals surface area contributed by atoms with Crippen LogP contribution in [0.1, 0.15) is 43.2 Å². The molecule has 0 aromatic heterocycles. The number of benzene rings is 2. The SMILES string of the molecule is CCCCN(O)C(=O)C(CC(=O)O)NC(=O)OCC1c2ccccc2-c2ccccc21. The second-order valence-corrected chi connectivity index (χ2v) is 7.44. The first-order valence-corrected chi connectivity index (χ1v) is 10.3. The molecule has 8 heteroatoms. The molecule has 0 fully saturated rings. The van der Waals surface area contributed by atoms with Crippen LogP contribution in [-0.4, -0.2) is 52.5 Å². The molecule has 1 atom stereocenters. The van der Waals surface area contributed by atoms with Crippen molar-refractivity contribution < 1.29 is 29.4 Å². The first kappa shape index (κ1) is 22.3. The number of carboxylic acid groups (broad SMARTS) is 1. The maximum absolute atomic E-state index is 12.4. The molecule has 0 bridgehead atoms. The van der Waals surface area contributed by atoms with Crippen LogP contribution in [-0.2, 0) is 14.3 Å². The summed E-state index contributed by atoms with van der Waals surface area (Å²) in [5, 5.41) is 21.7. The molecule has 8 nitrogen and oxygen atoms in total. The van der Waals surface area contributed by atoms with E-state index in [9.17, 15) is 19.6 Å². The Morgan fingerprint density at radius 3 is 2.19 bits per heavy atom. The average Bonchev–Trinajstić information content (AvgIpc) is 3.08. The van der Waals surface area contributed by atoms with Gasteiger partial charge in [-0.15, -0.1) is 0 Å². The highest BCUT2D eigenvalue weighted by Crippen LogP contribution is 2.44. The van der Waals surface area contributed by atoms with Crippen molar-refractivity contribution in [3.05, 3.63) is 59.7 Å². The van der Waals surface area contributed by atoms with Crippen molar-refractivity contribution in [1.29, 1.82) is 0 Å². The minimum Gasteiger partial charge on any atom is -0.481 e. The molecule has 0 heterocycles. The van der Waals surface area contributed by atoms with Gasteiger partial charge in [-0.3, -0.25) is 14.8 Å². The van der Waals surface area contributed by atoms with Crippen LogP contribution >= 0.6 is 0 Å². The lowest BCUT2D eigenvalue weighted by Gasteiger charge is -2.22. The lowest BCUT2D eigenvalue weighted by Crippen LogP contribution is -2.49. The fraction of sp³-hybridized carbons (Fsp3) is 0.348. The number of hydroxylamine groups is 2. The third-order valence-electron chi connectivity index (χ3n) is 5.29. The summed E-state index contributed by atoms with van der Waals surface area (Å²) in [7, 11) is 0. The number of fused-ring (bicyclic) bond motifs is 3. The highest BCUT2D eigenvalue weighted by molar-refractivity contribution is 5.88. The van der Waals surface area contributed by atoms with Crippen molar-refractivity contribution in [3.8, 4) is 11.1 Å². The van der Waals surface area contributed by atoms with Crippen LogP contribution in [0.15, 0.2) is 48.5 Å². The molecule has 0 aliphatic heterocycles. The van der Waals surface area contributed by atoms with Crippen molar-refractivity contribution >= 4 is 18.0 Å². The maximum atomic E-state index is 12.4. The maximum Gasteiger partial charge on any atom is 0.407 e. The minimum absolute atomic E-state index is 0.0342. The van der Waals surface area contributed by atoms with E-state index in [1.807, 2.05) is 55.5 Å². The molecule has 2 aromatic rings. The second-order valence-electron chi connectivity index (χ2n) is 7.44. The fourth-order valence-electron chi connectivity index (χ4n) is 3.75. The van der Waals surface area contributed by atoms with E-state index < -0.39 is 30.4 Å². The summed E-state index contributed by atoms with van der Waals surface area (Å²) in [6.07, 6.45) is -0.280. The van der Waals surface area contributed by atoms with Gasteiger partial charge in [0.05, 0.1) is 6.42 Å². The monoisotopic (exact) mass is 426 g/mol. The Bertz CT molecular complexity index is 915. The smallest absolute Gasteiger partial charge is 0.407 e. The van der Waals surface area contributed by atoms with E-state index in [1.54, 1.807) is 0 Å². The van der Waals surface area contributed by atoms with Gasteiger partial charge in [0, 0.05) is 12.5 Å². The normalized spacial score (nSPS) is 13.1. The number of aliphatic carboxylic acids is 1. The topological polar surface area (TPSA) is 116 Å². The number of carbonyl (C=O) groups excluding carboxylic acids is 2. The Morgan fingerprint density at radius 2 is 1.65 bits per heavy atom. The quantitative estimate of drug-likeness (QED) is 0.418. The highest BCUT2D eigenvalue weighted by Gasteiger charge is 2.31. The van der Waals surface area contributed by atoms with Gasteiger partial charge >= 0.3 is 12.1 Å². The van der Waals surface area contributed by atoms with E-state index in [2.05, 4.69) is 5.32 Å². The van der Waals surface area contributed by atoms with E-state index in [-0.39, 0.29) is 19.1 Å². The Labute approximate surface area is 180 Å². The fourth-order valence-corrected chi connectivity index (χ4v) is 3.75. The Kier molecular flexibility index (Phi) is 7.25. The molecular weight excluding hydrogens is 400 g/mol. The van der Waals surface area contributed by atoms with Crippen LogP contribution in [0.5, 0.6) is 0 Å². The Balaban J connectivity index is 1.66. The molecule has 164 valence electrons. The molecule has 0 spiro atoms. The Hall–Kier alpha value is -3.39. The number of amides is 2. The van der Waals surface area contributed by atoms with Gasteiger partial charge in [-0.05, 0) is 28.7 Å². The largest absolute Gasteiger partial charge is 0.481 e. The summed E-state index contributed by atoms with van der Waals surface area (Å²) >= 11 is 0. The van der Waals surface area contributed by atoms with Crippen molar-refractivity contribution in [2.24, 2.45) is 0 Å². The van der Waals surface area contributed by atoms with Crippen LogP contribution in [0.3, 0.4) is 0 Å². The second kappa shape index (κ2) is 10.1. The van der Waals surface area contributed by atoms with Gasteiger partial charge in [-0.25, -0.2) is 9.86 Å². The summed E-state index contributed by atoms with van der Waals surface area (Å²) < 4.78 is 5.37. The number of rotatable bonds is 9. The average molecular weight is 426 g/mol. The van der Waals surface area contributed by atoms with E-state index in [1.165, 1.54) is 0 Å². The summed E-state index contributed by atoms with van der Waals surface area (Å²) in [6.45, 7) is 1.98. The molecule has 3 rings (SSSR count). The molecule has 1 unspecified atom stereocenters. The number of ether oxygens (including phenoxy) is 1. The molecule has 1 aliphatic carbocycles. The predicted molar refractivity (Wildman–Crippen MR) is 113 cm³/mol. The number of hydrogen-bond acceptors (Lipinski definition) is 5. The third kappa shape index (κ3) is 5.21. The molecule has 2 aromatic carbocycles. The zero-order chi connectivity index (χ0) is 22.4. The van der Waals surface area contributed by atoms with E-state index >= 15 is 0 Å². The van der Waals surface area contributed by atoms with Crippen LogP contribution < -0.4 is 5.32 Å². The zero-order valence-corrected chi connectivity index (χ0v) is 17.3. The highest BCUT2D eigenvalue weighted by atomic mass is 16.5. The lowest BCUT2D eigenvalue weighted by atomic mass is 9.98. The summed E-state index contributed by atoms with van der Waals surface area (Å²) in [6, 6.07) is 14.3. The summed E-state index contributed by atoms with van der Waals surface area (Å²) in [5.74, 6) is -2.32. The van der Waals surface area contributed by atoms with Gasteiger partial charge in [0.2, 0.25) is 0 Å². The van der Waals surface area contributed by atoms with Gasteiger partial charge < -0.3 is 15.2 Å². The minimum atomic E-state index is -1.42. The lowest BCUT2D eigenvalue weighted by molar-refractivity contribution is -0.169. The van der Waals surface area contributed by atoms with Crippen LogP contribution in [0, 0.1) is 0 Å². The van der Waals surface area contributed by atoms with Gasteiger partial charge in [0.15, 0.2) is 0 Å². The molecule has 31 heavy (non-hydrogen) atoms. The number of nitrogens with zero attached hydrogens (tertiary/aromatic N) is 1. The van der Waals surface area contributed by atoms with E-state index in [0.29, 0.717) is 11.5 Å². The molecule has 0 radical (unpaired) electrons. The van der Waals surface area contributed by atoms with E-state index in [0.717, 1.165) is 28.7 Å². The number of carboxylic acids is 1. The van der Waals surface area contributed by atoms with Gasteiger partial charge in [-0.2, -0.15) is 0 Å². The molecular formula is C23H26N2O6. The molecule has 0 saturated carbocycles. The van der Waals surface area contributed by atoms with Crippen LogP contribution in [0.2, 0.25) is 0 Å². The molecule has 1 aliphatic rings. The number of unbranched alkanes of at least 4 members (excludes halogenated alkanes) is 1. The standard InChI is InChI=1S/C23H26N2O6/c1-2-3-12-25(30)22(28)20(13-21(26)27)24-23(29)31-14-19-17-10-6-4-8-15(17)16-9-5-7-11-18(16)19/h4-11,19-20,30H,2-3,12-14H2,1H3,(H,24,29)(H,26,27). The van der Waals surface area contributed by atoms with Crippen molar-refractivity contribution in [1.82, 2.24) is 10.4 Å². The first-order chi connectivity index (χ1) is 14.9. The number of hydrogen-bond donors (Lipinski definition) is 3. The number of nitrogens with one attached hydrogen (secondary N) is 1. The van der Waals surface area contributed by atoms with E-state index in [4.69, 9.17) is 9.84 Å². The summed E-state index contributed by atoms with van der Waals surface area (Å²) in [4.78, 5) is 35.9. The van der Waals surface area contributed by atoms with Crippen molar-refractivity contribution in [3.63, 3.8) is 0 Å². The van der Waals surface area contributed by atoms with Crippen molar-refractivity contribution in [2.75, 3.05) is 13.2 Å². The number of alkyl carbamates (subject to hydrolysis) is 1. The zero-order valence-electron chi connectivity index (χ0n) is 17.3. The Morgan fingerprint density at radius 1 is 1.06 bits per heavy atom. The summed E-state index contributed by atoms with van der Waals surface area (Å²) in [5.41, 5.74) is 4.24.